The molecule has 1 aliphatic rings. The molecule has 1 amide bonds. The number of rotatable bonds is 5. The predicted octanol–water partition coefficient (Wildman–Crippen LogP) is 1.90. The van der Waals surface area contributed by atoms with Gasteiger partial charge in [0.05, 0.1) is 24.4 Å². The van der Waals surface area contributed by atoms with Crippen molar-refractivity contribution in [1.82, 2.24) is 19.6 Å². The first-order chi connectivity index (χ1) is 12.9. The van der Waals surface area contributed by atoms with Gasteiger partial charge in [-0.2, -0.15) is 5.10 Å². The molecular formula is C17H18Cl2FN5O2. The fraction of sp³-hybridized carbons (Fsp3) is 0.353. The van der Waals surface area contributed by atoms with E-state index in [-0.39, 0.29) is 28.3 Å². The summed E-state index contributed by atoms with van der Waals surface area (Å²) in [5.41, 5.74) is 0.135. The number of hydrogen-bond donors (Lipinski definition) is 1. The number of nitrogens with one attached hydrogen (secondary N) is 1. The van der Waals surface area contributed by atoms with Crippen molar-refractivity contribution in [2.75, 3.05) is 38.0 Å². The Labute approximate surface area is 165 Å². The van der Waals surface area contributed by atoms with Crippen LogP contribution >= 0.6 is 23.2 Å². The van der Waals surface area contributed by atoms with Gasteiger partial charge in [-0.15, -0.1) is 0 Å². The molecule has 0 unspecified atom stereocenters. The molecule has 10 heteroatoms. The van der Waals surface area contributed by atoms with Crippen LogP contribution in [0.15, 0.2) is 35.3 Å². The van der Waals surface area contributed by atoms with Gasteiger partial charge in [-0.3, -0.25) is 19.4 Å². The summed E-state index contributed by atoms with van der Waals surface area (Å²) < 4.78 is 14.2. The maximum absolute atomic E-state index is 12.9. The predicted molar refractivity (Wildman–Crippen MR) is 102 cm³/mol. The quantitative estimate of drug-likeness (QED) is 0.810. The highest BCUT2D eigenvalue weighted by Gasteiger charge is 2.20. The highest BCUT2D eigenvalue weighted by atomic mass is 35.5. The molecule has 27 heavy (non-hydrogen) atoms. The third-order valence-corrected chi connectivity index (χ3v) is 4.98. The number of halogens is 3. The third-order valence-electron chi connectivity index (χ3n) is 4.24. The Balaban J connectivity index is 1.47. The van der Waals surface area contributed by atoms with Crippen molar-refractivity contribution >= 4 is 34.8 Å². The lowest BCUT2D eigenvalue weighted by Crippen LogP contribution is -2.49. The number of aromatic nitrogens is 2. The molecule has 1 aromatic heterocycles. The van der Waals surface area contributed by atoms with Crippen LogP contribution in [-0.2, 0) is 11.5 Å². The van der Waals surface area contributed by atoms with E-state index < -0.39 is 5.56 Å². The molecule has 0 bridgehead atoms. The Morgan fingerprint density at radius 2 is 1.74 bits per heavy atom. The normalized spacial score (nSPS) is 15.7. The standard InChI is InChI=1S/C17H18Cl2FN5O2/c18-14-9-21-25(17(27)16(14)19)11-24-7-5-23(6-8-24)10-15(26)22-13-3-1-12(20)2-4-13/h1-4,9H,5-8,10-11H2,(H,22,26). The number of anilines is 1. The fourth-order valence-corrected chi connectivity index (χ4v) is 3.03. The molecule has 144 valence electrons. The lowest BCUT2D eigenvalue weighted by atomic mass is 10.3. The van der Waals surface area contributed by atoms with Crippen LogP contribution in [0, 0.1) is 5.82 Å². The molecular weight excluding hydrogens is 396 g/mol. The minimum absolute atomic E-state index is 0.0391. The van der Waals surface area contributed by atoms with Crippen molar-refractivity contribution in [2.24, 2.45) is 0 Å². The average molecular weight is 414 g/mol. The zero-order chi connectivity index (χ0) is 19.4. The van der Waals surface area contributed by atoms with Crippen LogP contribution in [0.5, 0.6) is 0 Å². The number of benzene rings is 1. The van der Waals surface area contributed by atoms with E-state index in [0.717, 1.165) is 0 Å². The van der Waals surface area contributed by atoms with E-state index >= 15 is 0 Å². The Morgan fingerprint density at radius 3 is 2.41 bits per heavy atom. The minimum Gasteiger partial charge on any atom is -0.325 e. The van der Waals surface area contributed by atoms with E-state index in [2.05, 4.69) is 10.4 Å². The SMILES string of the molecule is O=C(CN1CCN(Cn2ncc(Cl)c(Cl)c2=O)CC1)Nc1ccc(F)cc1. The second kappa shape index (κ2) is 8.79. The van der Waals surface area contributed by atoms with E-state index in [1.54, 1.807) is 0 Å². The van der Waals surface area contributed by atoms with Gasteiger partial charge in [0.25, 0.3) is 5.56 Å². The smallest absolute Gasteiger partial charge is 0.288 e. The van der Waals surface area contributed by atoms with Crippen molar-refractivity contribution in [3.8, 4) is 0 Å². The first kappa shape index (κ1) is 19.8. The lowest BCUT2D eigenvalue weighted by molar-refractivity contribution is -0.117. The number of carbonyl (C=O) groups is 1. The lowest BCUT2D eigenvalue weighted by Gasteiger charge is -2.34. The molecule has 0 saturated carbocycles. The van der Waals surface area contributed by atoms with Crippen molar-refractivity contribution in [2.45, 2.75) is 6.67 Å². The largest absolute Gasteiger partial charge is 0.325 e. The van der Waals surface area contributed by atoms with Crippen molar-refractivity contribution in [3.63, 3.8) is 0 Å². The van der Waals surface area contributed by atoms with Gasteiger partial charge < -0.3 is 5.32 Å². The zero-order valence-electron chi connectivity index (χ0n) is 14.4. The molecule has 1 aromatic carbocycles. The molecule has 0 spiro atoms. The van der Waals surface area contributed by atoms with Gasteiger partial charge in [-0.25, -0.2) is 9.07 Å². The molecule has 2 heterocycles. The first-order valence-electron chi connectivity index (χ1n) is 8.33. The van der Waals surface area contributed by atoms with Gasteiger partial charge in [0.15, 0.2) is 0 Å². The fourth-order valence-electron chi connectivity index (χ4n) is 2.76. The van der Waals surface area contributed by atoms with Crippen molar-refractivity contribution in [1.29, 1.82) is 0 Å². The number of piperazine rings is 1. The van der Waals surface area contributed by atoms with Crippen molar-refractivity contribution < 1.29 is 9.18 Å². The van der Waals surface area contributed by atoms with Gasteiger partial charge >= 0.3 is 0 Å². The first-order valence-corrected chi connectivity index (χ1v) is 9.09. The maximum atomic E-state index is 12.9. The highest BCUT2D eigenvalue weighted by molar-refractivity contribution is 6.41. The van der Waals surface area contributed by atoms with Crippen LogP contribution in [-0.4, -0.2) is 58.2 Å². The number of nitrogens with zero attached hydrogens (tertiary/aromatic N) is 4. The molecule has 1 fully saturated rings. The van der Waals surface area contributed by atoms with Crippen LogP contribution in [0.2, 0.25) is 10.0 Å². The summed E-state index contributed by atoms with van der Waals surface area (Å²) in [4.78, 5) is 28.2. The Kier molecular flexibility index (Phi) is 6.43. The summed E-state index contributed by atoms with van der Waals surface area (Å²) in [6, 6.07) is 5.64. The van der Waals surface area contributed by atoms with Crippen LogP contribution in [0.25, 0.3) is 0 Å². The Bertz CT molecular complexity index is 867. The second-order valence-corrected chi connectivity index (χ2v) is 6.99. The van der Waals surface area contributed by atoms with Crippen LogP contribution in [0.1, 0.15) is 0 Å². The maximum Gasteiger partial charge on any atom is 0.288 e. The second-order valence-electron chi connectivity index (χ2n) is 6.20. The van der Waals surface area contributed by atoms with Crippen LogP contribution in [0.3, 0.4) is 0 Å². The Morgan fingerprint density at radius 1 is 1.11 bits per heavy atom. The molecule has 2 aromatic rings. The molecule has 7 nitrogen and oxygen atoms in total. The molecule has 0 radical (unpaired) electrons. The van der Waals surface area contributed by atoms with E-state index in [1.165, 1.54) is 35.1 Å². The van der Waals surface area contributed by atoms with Crippen LogP contribution in [0.4, 0.5) is 10.1 Å². The minimum atomic E-state index is -0.426. The average Bonchev–Trinajstić information content (AvgIpc) is 2.65. The summed E-state index contributed by atoms with van der Waals surface area (Å²) in [5.74, 6) is -0.503. The number of hydrogen-bond acceptors (Lipinski definition) is 5. The van der Waals surface area contributed by atoms with Crippen LogP contribution < -0.4 is 10.9 Å². The summed E-state index contributed by atoms with van der Waals surface area (Å²) in [6.07, 6.45) is 1.35. The van der Waals surface area contributed by atoms with E-state index in [0.29, 0.717) is 38.5 Å². The molecule has 0 aliphatic carbocycles. The molecule has 3 rings (SSSR count). The summed E-state index contributed by atoms with van der Waals surface area (Å²) >= 11 is 11.6. The van der Waals surface area contributed by atoms with Crippen molar-refractivity contribution in [3.05, 3.63) is 56.7 Å². The summed E-state index contributed by atoms with van der Waals surface area (Å²) in [7, 11) is 0. The monoisotopic (exact) mass is 413 g/mol. The zero-order valence-corrected chi connectivity index (χ0v) is 15.9. The van der Waals surface area contributed by atoms with E-state index in [4.69, 9.17) is 23.2 Å². The molecule has 0 atom stereocenters. The molecule has 1 N–H and O–H groups in total. The Hall–Kier alpha value is -2.00. The number of amides is 1. The summed E-state index contributed by atoms with van der Waals surface area (Å²) in [6.45, 7) is 3.26. The third kappa shape index (κ3) is 5.26. The molecule has 1 aliphatic heterocycles. The summed E-state index contributed by atoms with van der Waals surface area (Å²) in [5, 5.41) is 6.83. The number of carbonyl (C=O) groups excluding carboxylic acids is 1. The molecule has 1 saturated heterocycles. The van der Waals surface area contributed by atoms with Gasteiger partial charge in [0, 0.05) is 31.9 Å². The topological polar surface area (TPSA) is 70.5 Å². The van der Waals surface area contributed by atoms with E-state index in [9.17, 15) is 14.0 Å². The van der Waals surface area contributed by atoms with Gasteiger partial charge in [-0.1, -0.05) is 23.2 Å². The van der Waals surface area contributed by atoms with Gasteiger partial charge in [0.2, 0.25) is 5.91 Å². The highest BCUT2D eigenvalue weighted by Crippen LogP contribution is 2.15. The van der Waals surface area contributed by atoms with Gasteiger partial charge in [-0.05, 0) is 24.3 Å². The van der Waals surface area contributed by atoms with E-state index in [1.807, 2.05) is 9.80 Å². The van der Waals surface area contributed by atoms with Gasteiger partial charge in [0.1, 0.15) is 10.8 Å².